The zero-order valence-corrected chi connectivity index (χ0v) is 14.3. The van der Waals surface area contributed by atoms with Crippen molar-refractivity contribution >= 4 is 0 Å². The minimum Gasteiger partial charge on any atom is -0.378 e. The number of nitrogens with zero attached hydrogens (tertiary/aromatic N) is 1. The van der Waals surface area contributed by atoms with E-state index in [-0.39, 0.29) is 0 Å². The summed E-state index contributed by atoms with van der Waals surface area (Å²) in [6, 6.07) is 1.99. The van der Waals surface area contributed by atoms with Gasteiger partial charge in [0.05, 0.1) is 6.10 Å². The van der Waals surface area contributed by atoms with Crippen molar-refractivity contribution in [3.8, 4) is 0 Å². The molecule has 0 spiro atoms. The lowest BCUT2D eigenvalue weighted by atomic mass is 9.63. The molecule has 1 N–H and O–H groups in total. The second-order valence-electron chi connectivity index (χ2n) is 7.80. The largest absolute Gasteiger partial charge is 0.378 e. The lowest BCUT2D eigenvalue weighted by molar-refractivity contribution is -0.161. The first-order valence-corrected chi connectivity index (χ1v) is 8.47. The number of piperazine rings is 1. The summed E-state index contributed by atoms with van der Waals surface area (Å²) >= 11 is 0. The molecule has 1 aliphatic heterocycles. The number of nitrogens with one attached hydrogen (secondary N) is 1. The summed E-state index contributed by atoms with van der Waals surface area (Å²) in [7, 11) is 0. The average molecular weight is 282 g/mol. The summed E-state index contributed by atoms with van der Waals surface area (Å²) in [5.41, 5.74) is 0.296. The van der Waals surface area contributed by atoms with Crippen molar-refractivity contribution in [1.29, 1.82) is 0 Å². The predicted molar refractivity (Wildman–Crippen MR) is 85.0 cm³/mol. The summed E-state index contributed by atoms with van der Waals surface area (Å²) in [6.07, 6.45) is 2.94. The maximum absolute atomic E-state index is 5.90. The van der Waals surface area contributed by atoms with Crippen molar-refractivity contribution < 1.29 is 4.74 Å². The smallest absolute Gasteiger partial charge is 0.0655 e. The van der Waals surface area contributed by atoms with E-state index < -0.39 is 0 Å². The predicted octanol–water partition coefficient (Wildman–Crippen LogP) is 2.90. The molecule has 2 fully saturated rings. The van der Waals surface area contributed by atoms with Gasteiger partial charge in [-0.1, -0.05) is 27.7 Å². The van der Waals surface area contributed by atoms with Crippen LogP contribution in [-0.2, 0) is 4.74 Å². The Labute approximate surface area is 125 Å². The molecule has 1 saturated carbocycles. The van der Waals surface area contributed by atoms with Gasteiger partial charge in [0.1, 0.15) is 0 Å². The van der Waals surface area contributed by atoms with Crippen LogP contribution in [0.2, 0.25) is 0 Å². The Bertz CT molecular complexity index is 316. The van der Waals surface area contributed by atoms with Crippen LogP contribution in [0.3, 0.4) is 0 Å². The normalized spacial score (nSPS) is 38.0. The van der Waals surface area contributed by atoms with Crippen LogP contribution in [0.5, 0.6) is 0 Å². The van der Waals surface area contributed by atoms with E-state index in [9.17, 15) is 0 Å². The van der Waals surface area contributed by atoms with E-state index in [4.69, 9.17) is 4.74 Å². The maximum Gasteiger partial charge on any atom is 0.0655 e. The van der Waals surface area contributed by atoms with Gasteiger partial charge in [-0.05, 0) is 32.6 Å². The molecule has 1 saturated heterocycles. The van der Waals surface area contributed by atoms with Gasteiger partial charge < -0.3 is 10.1 Å². The highest BCUT2D eigenvalue weighted by atomic mass is 16.5. The molecule has 0 radical (unpaired) electrons. The van der Waals surface area contributed by atoms with Crippen molar-refractivity contribution in [1.82, 2.24) is 10.2 Å². The molecule has 0 aromatic carbocycles. The fraction of sp³-hybridized carbons (Fsp3) is 1.00. The van der Waals surface area contributed by atoms with Crippen molar-refractivity contribution in [2.75, 3.05) is 19.7 Å². The molecule has 1 aliphatic carbocycles. The molecule has 0 bridgehead atoms. The fourth-order valence-electron chi connectivity index (χ4n) is 4.03. The summed E-state index contributed by atoms with van der Waals surface area (Å²) < 4.78 is 5.90. The standard InChI is InChI=1S/C17H34N2O/c1-7-20-16-9-15(17(16,5)6)19-11-14(8-12(2)3)18-10-13(19)4/h12-16,18H,7-11H2,1-6H3. The van der Waals surface area contributed by atoms with E-state index in [1.165, 1.54) is 19.4 Å². The number of hydrogen-bond acceptors (Lipinski definition) is 3. The van der Waals surface area contributed by atoms with Crippen LogP contribution >= 0.6 is 0 Å². The monoisotopic (exact) mass is 282 g/mol. The molecule has 118 valence electrons. The van der Waals surface area contributed by atoms with Gasteiger partial charge in [0.2, 0.25) is 0 Å². The van der Waals surface area contributed by atoms with Gasteiger partial charge in [0, 0.05) is 43.2 Å². The molecular weight excluding hydrogens is 248 g/mol. The van der Waals surface area contributed by atoms with Gasteiger partial charge in [-0.25, -0.2) is 0 Å². The summed E-state index contributed by atoms with van der Waals surface area (Å²) in [4.78, 5) is 2.75. The number of rotatable bonds is 5. The van der Waals surface area contributed by atoms with Crippen molar-refractivity contribution in [2.24, 2.45) is 11.3 Å². The Balaban J connectivity index is 1.97. The topological polar surface area (TPSA) is 24.5 Å². The molecule has 0 amide bonds. The van der Waals surface area contributed by atoms with Crippen LogP contribution < -0.4 is 5.32 Å². The molecule has 0 aromatic heterocycles. The molecule has 2 rings (SSSR count). The average Bonchev–Trinajstić information content (AvgIpc) is 2.36. The van der Waals surface area contributed by atoms with Crippen LogP contribution in [0.15, 0.2) is 0 Å². The Morgan fingerprint density at radius 3 is 2.60 bits per heavy atom. The molecule has 0 aromatic rings. The Morgan fingerprint density at radius 2 is 2.05 bits per heavy atom. The van der Waals surface area contributed by atoms with Gasteiger partial charge in [-0.3, -0.25) is 4.90 Å². The van der Waals surface area contributed by atoms with E-state index in [0.29, 0.717) is 29.6 Å². The molecule has 3 nitrogen and oxygen atoms in total. The third-order valence-corrected chi connectivity index (χ3v) is 5.35. The van der Waals surface area contributed by atoms with Crippen LogP contribution in [0, 0.1) is 11.3 Å². The van der Waals surface area contributed by atoms with Gasteiger partial charge in [0.15, 0.2) is 0 Å². The molecule has 4 atom stereocenters. The third-order valence-electron chi connectivity index (χ3n) is 5.35. The van der Waals surface area contributed by atoms with Crippen molar-refractivity contribution in [3.05, 3.63) is 0 Å². The van der Waals surface area contributed by atoms with Crippen LogP contribution in [-0.4, -0.2) is 48.8 Å². The molecular formula is C17H34N2O. The number of hydrogen-bond donors (Lipinski definition) is 1. The number of ether oxygens (including phenoxy) is 1. The lowest BCUT2D eigenvalue weighted by Crippen LogP contribution is -2.68. The van der Waals surface area contributed by atoms with Gasteiger partial charge in [-0.2, -0.15) is 0 Å². The summed E-state index contributed by atoms with van der Waals surface area (Å²) in [6.45, 7) is 17.0. The van der Waals surface area contributed by atoms with E-state index in [2.05, 4.69) is 51.8 Å². The van der Waals surface area contributed by atoms with Gasteiger partial charge in [0.25, 0.3) is 0 Å². The maximum atomic E-state index is 5.90. The SMILES string of the molecule is CCOC1CC(N2CC(CC(C)C)NCC2C)C1(C)C. The highest BCUT2D eigenvalue weighted by molar-refractivity contribution is 5.06. The molecule has 1 heterocycles. The zero-order chi connectivity index (χ0) is 14.9. The first kappa shape index (κ1) is 16.3. The third kappa shape index (κ3) is 3.20. The highest BCUT2D eigenvalue weighted by Gasteiger charge is 2.52. The molecule has 4 unspecified atom stereocenters. The summed E-state index contributed by atoms with van der Waals surface area (Å²) in [5, 5.41) is 3.72. The van der Waals surface area contributed by atoms with Crippen LogP contribution in [0.1, 0.15) is 54.4 Å². The minimum absolute atomic E-state index is 0.296. The second-order valence-corrected chi connectivity index (χ2v) is 7.80. The Hall–Kier alpha value is -0.120. The Morgan fingerprint density at radius 1 is 1.35 bits per heavy atom. The molecule has 20 heavy (non-hydrogen) atoms. The van der Waals surface area contributed by atoms with Crippen molar-refractivity contribution in [3.63, 3.8) is 0 Å². The fourth-order valence-corrected chi connectivity index (χ4v) is 4.03. The summed E-state index contributed by atoms with van der Waals surface area (Å²) in [5.74, 6) is 0.772. The Kier molecular flexibility index (Phi) is 5.14. The quantitative estimate of drug-likeness (QED) is 0.839. The molecule has 3 heteroatoms. The first-order valence-electron chi connectivity index (χ1n) is 8.47. The van der Waals surface area contributed by atoms with Gasteiger partial charge in [-0.15, -0.1) is 0 Å². The van der Waals surface area contributed by atoms with Crippen LogP contribution in [0.4, 0.5) is 0 Å². The van der Waals surface area contributed by atoms with Crippen LogP contribution in [0.25, 0.3) is 0 Å². The lowest BCUT2D eigenvalue weighted by Gasteiger charge is -2.59. The van der Waals surface area contributed by atoms with E-state index >= 15 is 0 Å². The minimum atomic E-state index is 0.296. The highest BCUT2D eigenvalue weighted by Crippen LogP contribution is 2.46. The zero-order valence-electron chi connectivity index (χ0n) is 14.3. The second kappa shape index (κ2) is 6.33. The van der Waals surface area contributed by atoms with Gasteiger partial charge >= 0.3 is 0 Å². The van der Waals surface area contributed by atoms with E-state index in [0.717, 1.165) is 19.1 Å². The molecule has 2 aliphatic rings. The first-order chi connectivity index (χ1) is 9.36. The van der Waals surface area contributed by atoms with E-state index in [1.807, 2.05) is 0 Å². The van der Waals surface area contributed by atoms with Crippen molar-refractivity contribution in [2.45, 2.75) is 78.6 Å². The van der Waals surface area contributed by atoms with E-state index in [1.54, 1.807) is 0 Å².